The minimum Gasteiger partial charge on any atom is -0.493 e. The number of ether oxygens (including phenoxy) is 2. The van der Waals surface area contributed by atoms with Crippen LogP contribution in [-0.2, 0) is 18.3 Å². The van der Waals surface area contributed by atoms with Crippen LogP contribution in [0.1, 0.15) is 42.4 Å². The number of hydrogen-bond donors (Lipinski definition) is 2. The summed E-state index contributed by atoms with van der Waals surface area (Å²) in [4.78, 5) is 2.49. The van der Waals surface area contributed by atoms with E-state index in [1.807, 2.05) is 12.1 Å². The lowest BCUT2D eigenvalue weighted by Crippen LogP contribution is -2.70. The third-order valence-corrected chi connectivity index (χ3v) is 9.54. The topological polar surface area (TPSA) is 62.2 Å². The summed E-state index contributed by atoms with van der Waals surface area (Å²) < 4.78 is 12.3. The van der Waals surface area contributed by atoms with Crippen molar-refractivity contribution in [3.8, 4) is 11.5 Å². The number of methoxy groups -OCH3 is 1. The maximum atomic E-state index is 11.9. The Morgan fingerprint density at radius 1 is 1.20 bits per heavy atom. The van der Waals surface area contributed by atoms with Crippen molar-refractivity contribution in [2.24, 2.45) is 11.3 Å². The predicted octanol–water partition coefficient (Wildman–Crippen LogP) is 3.89. The number of allylic oxidation sites excluding steroid dienone is 1. The molecule has 4 aliphatic rings. The van der Waals surface area contributed by atoms with Crippen molar-refractivity contribution in [1.82, 2.24) is 4.90 Å². The Bertz CT molecular complexity index is 1120. The number of unbranched alkanes of at least 4 members (excludes halogenated alkanes) is 1. The van der Waals surface area contributed by atoms with E-state index in [0.29, 0.717) is 12.0 Å². The van der Waals surface area contributed by atoms with Gasteiger partial charge in [-0.3, -0.25) is 0 Å². The number of likely N-dealkylation sites (tertiary alicyclic amines) is 1. The molecule has 4 unspecified atom stereocenters. The molecule has 2 heterocycles. The average Bonchev–Trinajstić information content (AvgIpc) is 3.23. The Hall–Kier alpha value is -2.34. The smallest absolute Gasteiger partial charge is 0.165 e. The van der Waals surface area contributed by atoms with Crippen LogP contribution >= 0.6 is 0 Å². The van der Waals surface area contributed by atoms with Gasteiger partial charge in [0.1, 0.15) is 12.2 Å². The van der Waals surface area contributed by atoms with E-state index in [2.05, 4.69) is 54.4 Å². The number of aliphatic hydroxyl groups excluding tert-OH is 2. The second-order valence-corrected chi connectivity index (χ2v) is 11.1. The molecular formula is C30H37NO4. The van der Waals surface area contributed by atoms with E-state index >= 15 is 0 Å². The molecule has 1 saturated carbocycles. The molecule has 2 bridgehead atoms. The summed E-state index contributed by atoms with van der Waals surface area (Å²) in [6.07, 6.45) is 8.85. The maximum Gasteiger partial charge on any atom is 0.165 e. The van der Waals surface area contributed by atoms with Crippen LogP contribution in [0.2, 0.25) is 0 Å². The highest BCUT2D eigenvalue weighted by atomic mass is 16.5. The highest BCUT2D eigenvalue weighted by Gasteiger charge is 2.69. The van der Waals surface area contributed by atoms with Crippen LogP contribution in [-0.4, -0.2) is 60.7 Å². The summed E-state index contributed by atoms with van der Waals surface area (Å²) >= 11 is 0. The zero-order valence-corrected chi connectivity index (χ0v) is 20.8. The van der Waals surface area contributed by atoms with Gasteiger partial charge in [0.15, 0.2) is 11.5 Å². The summed E-state index contributed by atoms with van der Waals surface area (Å²) in [7, 11) is 3.91. The Labute approximate surface area is 208 Å². The first-order chi connectivity index (χ1) is 17.0. The van der Waals surface area contributed by atoms with Gasteiger partial charge in [-0.15, -0.1) is 0 Å². The predicted molar refractivity (Wildman–Crippen MR) is 136 cm³/mol. The lowest BCUT2D eigenvalue weighted by molar-refractivity contribution is -0.159. The summed E-state index contributed by atoms with van der Waals surface area (Å²) in [6, 6.07) is 15.1. The van der Waals surface area contributed by atoms with Crippen molar-refractivity contribution >= 4 is 0 Å². The number of rotatable bonds is 7. The van der Waals surface area contributed by atoms with Crippen LogP contribution in [0.15, 0.2) is 54.6 Å². The molecule has 5 nitrogen and oxygen atoms in total. The number of aryl methyl sites for hydroxylation is 1. The van der Waals surface area contributed by atoms with Crippen LogP contribution in [0.3, 0.4) is 0 Å². The lowest BCUT2D eigenvalue weighted by atomic mass is 9.47. The molecule has 0 aromatic heterocycles. The van der Waals surface area contributed by atoms with Crippen molar-refractivity contribution in [2.45, 2.75) is 62.2 Å². The van der Waals surface area contributed by atoms with E-state index in [9.17, 15) is 10.2 Å². The van der Waals surface area contributed by atoms with Gasteiger partial charge in [0.05, 0.1) is 13.7 Å². The van der Waals surface area contributed by atoms with Crippen molar-refractivity contribution in [3.63, 3.8) is 0 Å². The standard InChI is InChI=1S/C30H37NO4/c1-31-16-15-30-22-18-29(19-32,14-8-4-7-11-20-9-5-3-6-10-20)27(33)28(30)35-26-24(34-2)13-12-21(25(26)30)17-23(22)31/h3,5-6,8-10,12-14,22-23,27-28,32-33H,4,7,11,15-19H2,1-2H3/t22?,23?,27-,28?,29+,30?/m0/s1. The fourth-order valence-electron chi connectivity index (χ4n) is 7.75. The fraction of sp³-hybridized carbons (Fsp3) is 0.533. The fourth-order valence-corrected chi connectivity index (χ4v) is 7.75. The van der Waals surface area contributed by atoms with Gasteiger partial charge in [-0.25, -0.2) is 0 Å². The Balaban J connectivity index is 1.32. The highest BCUT2D eigenvalue weighted by Crippen LogP contribution is 2.66. The van der Waals surface area contributed by atoms with E-state index in [-0.39, 0.29) is 18.1 Å². The molecule has 1 spiro atoms. The molecule has 0 radical (unpaired) electrons. The van der Waals surface area contributed by atoms with Crippen molar-refractivity contribution < 1.29 is 19.7 Å². The highest BCUT2D eigenvalue weighted by molar-refractivity contribution is 5.61. The molecule has 1 saturated heterocycles. The van der Waals surface area contributed by atoms with Crippen LogP contribution in [0.5, 0.6) is 11.5 Å². The third-order valence-electron chi connectivity index (χ3n) is 9.54. The lowest BCUT2D eigenvalue weighted by Gasteiger charge is -2.62. The molecule has 2 aromatic carbocycles. The van der Waals surface area contributed by atoms with Crippen LogP contribution in [0.4, 0.5) is 0 Å². The zero-order chi connectivity index (χ0) is 24.2. The first-order valence-electron chi connectivity index (χ1n) is 13.1. The second-order valence-electron chi connectivity index (χ2n) is 11.1. The van der Waals surface area contributed by atoms with Gasteiger partial charge < -0.3 is 24.6 Å². The Morgan fingerprint density at radius 3 is 2.80 bits per heavy atom. The van der Waals surface area contributed by atoms with Gasteiger partial charge in [-0.05, 0) is 75.2 Å². The van der Waals surface area contributed by atoms with E-state index < -0.39 is 11.5 Å². The SMILES string of the molecule is COc1ccc2c3c1OC1[C@H](O)[C@@](C=CCCCc4ccccc4)(CO)CC4C(C2)N(C)CCC341. The zero-order valence-electron chi connectivity index (χ0n) is 20.8. The molecule has 6 rings (SSSR count). The Morgan fingerprint density at radius 2 is 2.03 bits per heavy atom. The summed E-state index contributed by atoms with van der Waals surface area (Å²) in [6.45, 7) is 0.915. The summed E-state index contributed by atoms with van der Waals surface area (Å²) in [5, 5.41) is 22.6. The van der Waals surface area contributed by atoms with Crippen LogP contribution in [0, 0.1) is 11.3 Å². The van der Waals surface area contributed by atoms with Crippen molar-refractivity contribution in [1.29, 1.82) is 0 Å². The third kappa shape index (κ3) is 3.32. The average molecular weight is 476 g/mol. The molecular weight excluding hydrogens is 438 g/mol. The maximum absolute atomic E-state index is 11.9. The normalized spacial score (nSPS) is 35.1. The van der Waals surface area contributed by atoms with Gasteiger partial charge in [-0.2, -0.15) is 0 Å². The molecule has 35 heavy (non-hydrogen) atoms. The number of likely N-dealkylation sites (N-methyl/N-ethyl adjacent to an activating group) is 1. The van der Waals surface area contributed by atoms with E-state index in [1.165, 1.54) is 16.7 Å². The monoisotopic (exact) mass is 475 g/mol. The van der Waals surface area contributed by atoms with Crippen molar-refractivity contribution in [3.05, 3.63) is 71.3 Å². The van der Waals surface area contributed by atoms with Gasteiger partial charge in [0.25, 0.3) is 0 Å². The number of nitrogens with zero attached hydrogens (tertiary/aromatic N) is 1. The summed E-state index contributed by atoms with van der Waals surface area (Å²) in [5.41, 5.74) is 3.03. The molecule has 2 fully saturated rings. The minimum atomic E-state index is -0.777. The van der Waals surface area contributed by atoms with Gasteiger partial charge in [0.2, 0.25) is 0 Å². The second kappa shape index (κ2) is 8.65. The first-order valence-corrected chi connectivity index (χ1v) is 13.1. The number of aliphatic hydroxyl groups is 2. The molecule has 2 aliphatic carbocycles. The molecule has 2 aromatic rings. The van der Waals surface area contributed by atoms with E-state index in [1.54, 1.807) is 7.11 Å². The molecule has 5 heteroatoms. The number of benzene rings is 2. The van der Waals surface area contributed by atoms with Gasteiger partial charge in [-0.1, -0.05) is 48.6 Å². The minimum absolute atomic E-state index is 0.0768. The van der Waals surface area contributed by atoms with E-state index in [0.717, 1.165) is 56.6 Å². The molecule has 2 aliphatic heterocycles. The van der Waals surface area contributed by atoms with E-state index in [4.69, 9.17) is 9.47 Å². The molecule has 0 amide bonds. The molecule has 186 valence electrons. The number of hydrogen-bond acceptors (Lipinski definition) is 5. The molecule has 6 atom stereocenters. The van der Waals surface area contributed by atoms with Gasteiger partial charge >= 0.3 is 0 Å². The van der Waals surface area contributed by atoms with Gasteiger partial charge in [0, 0.05) is 22.4 Å². The largest absolute Gasteiger partial charge is 0.493 e. The quantitative estimate of drug-likeness (QED) is 0.470. The van der Waals surface area contributed by atoms with Crippen molar-refractivity contribution in [2.75, 3.05) is 27.3 Å². The Kier molecular flexibility index (Phi) is 5.70. The first kappa shape index (κ1) is 23.1. The number of piperidine rings is 1. The summed E-state index contributed by atoms with van der Waals surface area (Å²) in [5.74, 6) is 1.89. The van der Waals surface area contributed by atoms with Crippen LogP contribution < -0.4 is 9.47 Å². The van der Waals surface area contributed by atoms with Crippen LogP contribution in [0.25, 0.3) is 0 Å². The molecule has 2 N–H and O–H groups in total.